The summed E-state index contributed by atoms with van der Waals surface area (Å²) in [4.78, 5) is 145. The highest BCUT2D eigenvalue weighted by Gasteiger charge is 2.43. The van der Waals surface area contributed by atoms with E-state index in [1.54, 1.807) is 48.5 Å². The van der Waals surface area contributed by atoms with Gasteiger partial charge in [-0.2, -0.15) is 0 Å². The Balaban J connectivity index is 1.28. The quantitative estimate of drug-likeness (QED) is 0.0201. The average Bonchev–Trinajstić information content (AvgIpc) is 0.672. The molecule has 9 aromatic carbocycles. The lowest BCUT2D eigenvalue weighted by atomic mass is 9.80. The van der Waals surface area contributed by atoms with Gasteiger partial charge < -0.3 is 49.2 Å². The van der Waals surface area contributed by atoms with Gasteiger partial charge in [0.2, 0.25) is 11.8 Å². The molecular weight excluding hydrogens is 1350 g/mol. The maximum absolute atomic E-state index is 16.0. The molecule has 0 fully saturated rings. The number of benzene rings is 9. The molecule has 22 heteroatoms. The van der Waals surface area contributed by atoms with Gasteiger partial charge in [0.15, 0.2) is 0 Å². The first-order chi connectivity index (χ1) is 49.9. The summed E-state index contributed by atoms with van der Waals surface area (Å²) in [6.45, 7) is 22.4. The molecular formula is C84H88N4O18. The Morgan fingerprint density at radius 1 is 0.311 bits per heavy atom. The van der Waals surface area contributed by atoms with Crippen LogP contribution in [0.5, 0.6) is 46.0 Å². The standard InChI is InChI=1S/C84H88N4O18/c1-81(2,3)47-21-29-51(30-22-47)103-59-41-55-69-56(78(100)87(77(55)99)45-63(89)85(37-13-17-65(91)92)38-14-18-66(93)94)43-61(105-53-33-25-49(26-34-53)83(7,8)9)73-74-62(106-54-35-27-50(28-36-54)84(10,11)12)44-58-70-57(79(101)88(80(58)102)46-64(90)86(39-15-19-67(95)96)40-16-20-68(97)98)42-60(72(76(70)74)71(59)75(69)73)104-52-31-23-48(24-32-52)82(4,5)6/h21-36,41-44H,13-20,37-40,45-46H2,1-12H3,(H,91,92)(H,93,94)(H,95,96)(H,97,98). The minimum absolute atomic E-state index is 0.0195. The van der Waals surface area contributed by atoms with Crippen LogP contribution in [-0.2, 0) is 50.4 Å². The monoisotopic (exact) mass is 1440 g/mol. The number of carbonyl (C=O) groups excluding carboxylic acids is 6. The molecule has 0 radical (unpaired) electrons. The van der Waals surface area contributed by atoms with E-state index in [1.165, 1.54) is 34.1 Å². The van der Waals surface area contributed by atoms with Crippen LogP contribution in [-0.4, -0.2) is 139 Å². The molecule has 22 nitrogen and oxygen atoms in total. The molecule has 106 heavy (non-hydrogen) atoms. The van der Waals surface area contributed by atoms with Crippen LogP contribution in [0.2, 0.25) is 0 Å². The van der Waals surface area contributed by atoms with E-state index in [4.69, 9.17) is 18.9 Å². The largest absolute Gasteiger partial charge is 0.481 e. The summed E-state index contributed by atoms with van der Waals surface area (Å²) in [6, 6.07) is 35.2. The zero-order valence-corrected chi connectivity index (χ0v) is 61.7. The van der Waals surface area contributed by atoms with Crippen molar-refractivity contribution in [1.29, 1.82) is 0 Å². The minimum Gasteiger partial charge on any atom is -0.481 e. The summed E-state index contributed by atoms with van der Waals surface area (Å²) in [5.74, 6) is -8.79. The van der Waals surface area contributed by atoms with Crippen molar-refractivity contribution < 1.29 is 87.3 Å². The third kappa shape index (κ3) is 16.0. The van der Waals surface area contributed by atoms with Crippen molar-refractivity contribution in [1.82, 2.24) is 19.6 Å². The maximum Gasteiger partial charge on any atom is 0.303 e. The highest BCUT2D eigenvalue weighted by molar-refractivity contribution is 6.45. The highest BCUT2D eigenvalue weighted by atomic mass is 16.5. The van der Waals surface area contributed by atoms with Crippen LogP contribution in [0.4, 0.5) is 0 Å². The number of carboxylic acid groups (broad SMARTS) is 4. The maximum atomic E-state index is 16.0. The van der Waals surface area contributed by atoms with Gasteiger partial charge in [-0.25, -0.2) is 0 Å². The zero-order chi connectivity index (χ0) is 76.8. The molecule has 0 bridgehead atoms. The Morgan fingerprint density at radius 2 is 0.509 bits per heavy atom. The fraction of sp³-hybridized carbons (Fsp3) is 0.357. The SMILES string of the molecule is CC(C)(C)c1ccc(Oc2cc3c4c(cc(Oc5ccc(C(C)(C)C)cc5)c5c6c(Oc7ccc(C(C)(C)C)cc7)cc7c8c(cc(Oc9ccc(C(C)(C)C)cc9)c(c2c45)c86)C(=O)N(CC(=O)N(CCCC(=O)O)CCCC(=O)O)C7=O)C(=O)N(CC(=O)N(CCCC(=O)O)CCCC(=O)O)C3=O)cc1. The van der Waals surface area contributed by atoms with E-state index < -0.39 is 72.4 Å². The van der Waals surface area contributed by atoms with Gasteiger partial charge in [0, 0.05) is 95.0 Å². The molecule has 6 amide bonds. The summed E-state index contributed by atoms with van der Waals surface area (Å²) in [7, 11) is 0. The van der Waals surface area contributed by atoms with Crippen molar-refractivity contribution in [3.63, 3.8) is 0 Å². The van der Waals surface area contributed by atoms with Gasteiger partial charge >= 0.3 is 23.9 Å². The lowest BCUT2D eigenvalue weighted by Crippen LogP contribution is -2.48. The van der Waals surface area contributed by atoms with E-state index in [0.29, 0.717) is 0 Å². The van der Waals surface area contributed by atoms with Gasteiger partial charge in [0.05, 0.1) is 22.3 Å². The number of rotatable bonds is 28. The third-order valence-corrected chi connectivity index (χ3v) is 19.4. The van der Waals surface area contributed by atoms with Crippen LogP contribution >= 0.6 is 0 Å². The van der Waals surface area contributed by atoms with Gasteiger partial charge in [0.25, 0.3) is 23.6 Å². The van der Waals surface area contributed by atoms with Crippen molar-refractivity contribution in [2.45, 2.75) is 156 Å². The summed E-state index contributed by atoms with van der Waals surface area (Å²) in [6.07, 6.45) is -1.41. The fourth-order valence-corrected chi connectivity index (χ4v) is 13.7. The van der Waals surface area contributed by atoms with Crippen molar-refractivity contribution >= 4 is 102 Å². The number of fused-ring (bicyclic) bond motifs is 2. The first kappa shape index (κ1) is 75.7. The van der Waals surface area contributed by atoms with E-state index in [-0.39, 0.29) is 211 Å². The second-order valence-corrected chi connectivity index (χ2v) is 31.3. The molecule has 0 unspecified atom stereocenters. The second kappa shape index (κ2) is 29.6. The minimum atomic E-state index is -1.13. The van der Waals surface area contributed by atoms with Crippen molar-refractivity contribution in [2.24, 2.45) is 0 Å². The predicted octanol–water partition coefficient (Wildman–Crippen LogP) is 16.4. The number of imide groups is 2. The van der Waals surface area contributed by atoms with Gasteiger partial charge in [-0.15, -0.1) is 0 Å². The number of carbonyl (C=O) groups is 10. The number of ether oxygens (including phenoxy) is 4. The molecule has 0 aromatic heterocycles. The van der Waals surface area contributed by atoms with Crippen LogP contribution in [0, 0.1) is 0 Å². The number of nitrogens with zero attached hydrogens (tertiary/aromatic N) is 4. The molecule has 4 N–H and O–H groups in total. The van der Waals surface area contributed by atoms with E-state index in [2.05, 4.69) is 83.1 Å². The van der Waals surface area contributed by atoms with Crippen LogP contribution in [0.3, 0.4) is 0 Å². The first-order valence-corrected chi connectivity index (χ1v) is 35.5. The fourth-order valence-electron chi connectivity index (χ4n) is 13.7. The third-order valence-electron chi connectivity index (χ3n) is 19.4. The van der Waals surface area contributed by atoms with E-state index in [9.17, 15) is 49.2 Å². The number of aliphatic carboxylic acids is 4. The van der Waals surface area contributed by atoms with Crippen molar-refractivity contribution in [3.8, 4) is 46.0 Å². The highest BCUT2D eigenvalue weighted by Crippen LogP contribution is 2.58. The van der Waals surface area contributed by atoms with Crippen LogP contribution in [0.1, 0.15) is 198 Å². The lowest BCUT2D eigenvalue weighted by molar-refractivity contribution is -0.139. The van der Waals surface area contributed by atoms with Crippen LogP contribution in [0.15, 0.2) is 121 Å². The zero-order valence-electron chi connectivity index (χ0n) is 61.7. The number of hydrogen-bond acceptors (Lipinski definition) is 14. The molecule has 2 aliphatic rings. The van der Waals surface area contributed by atoms with Crippen LogP contribution < -0.4 is 18.9 Å². The molecule has 552 valence electrons. The van der Waals surface area contributed by atoms with Crippen molar-refractivity contribution in [3.05, 3.63) is 166 Å². The van der Waals surface area contributed by atoms with E-state index >= 15 is 19.2 Å². The number of amides is 6. The molecule has 11 rings (SSSR count). The van der Waals surface area contributed by atoms with Gasteiger partial charge in [-0.05, 0) is 142 Å². The summed E-state index contributed by atoms with van der Waals surface area (Å²) in [5, 5.41) is 39.7. The van der Waals surface area contributed by atoms with Crippen LogP contribution in [0.25, 0.3) is 43.1 Å². The molecule has 0 saturated heterocycles. The molecule has 0 saturated carbocycles. The predicted molar refractivity (Wildman–Crippen MR) is 400 cm³/mol. The van der Waals surface area contributed by atoms with Crippen molar-refractivity contribution in [2.75, 3.05) is 39.3 Å². The molecule has 2 aliphatic heterocycles. The Kier molecular flexibility index (Phi) is 21.2. The number of carboxylic acids is 4. The topological polar surface area (TPSA) is 302 Å². The van der Waals surface area contributed by atoms with Gasteiger partial charge in [-0.1, -0.05) is 132 Å². The van der Waals surface area contributed by atoms with E-state index in [0.717, 1.165) is 32.1 Å². The Bertz CT molecular complexity index is 4410. The Morgan fingerprint density at radius 3 is 0.689 bits per heavy atom. The lowest BCUT2D eigenvalue weighted by Gasteiger charge is -2.33. The normalized spacial score (nSPS) is 13.3. The first-order valence-electron chi connectivity index (χ1n) is 35.5. The van der Waals surface area contributed by atoms with Gasteiger partial charge in [-0.3, -0.25) is 57.7 Å². The average molecular weight is 1440 g/mol. The summed E-state index contributed by atoms with van der Waals surface area (Å²) in [5.41, 5.74) is 2.05. The molecule has 0 aliphatic carbocycles. The summed E-state index contributed by atoms with van der Waals surface area (Å²) < 4.78 is 28.8. The van der Waals surface area contributed by atoms with Gasteiger partial charge in [0.1, 0.15) is 59.1 Å². The molecule has 2 heterocycles. The Labute approximate surface area is 613 Å². The second-order valence-electron chi connectivity index (χ2n) is 31.3. The Hall–Kier alpha value is -11.4. The summed E-state index contributed by atoms with van der Waals surface area (Å²) >= 11 is 0. The number of hydrogen-bond donors (Lipinski definition) is 4. The van der Waals surface area contributed by atoms with E-state index in [1.807, 2.05) is 48.5 Å². The smallest absolute Gasteiger partial charge is 0.303 e. The molecule has 0 atom stereocenters. The molecule has 0 spiro atoms. The molecule has 9 aromatic rings.